The fourth-order valence-electron chi connectivity index (χ4n) is 3.58. The Hall–Kier alpha value is -3.70. The van der Waals surface area contributed by atoms with Gasteiger partial charge in [-0.2, -0.15) is 0 Å². The molecule has 6 heteroatoms. The van der Waals surface area contributed by atoms with Gasteiger partial charge in [0.1, 0.15) is 23.9 Å². The van der Waals surface area contributed by atoms with Crippen molar-refractivity contribution in [2.45, 2.75) is 13.0 Å². The lowest BCUT2D eigenvalue weighted by Crippen LogP contribution is -1.99. The van der Waals surface area contributed by atoms with Gasteiger partial charge >= 0.3 is 0 Å². The third-order valence-electron chi connectivity index (χ3n) is 5.21. The van der Waals surface area contributed by atoms with Crippen LogP contribution < -0.4 is 9.47 Å². The maximum absolute atomic E-state index is 6.26. The molecule has 5 nitrogen and oxygen atoms in total. The van der Waals surface area contributed by atoms with Crippen LogP contribution in [0.25, 0.3) is 22.6 Å². The van der Waals surface area contributed by atoms with Crippen molar-refractivity contribution in [3.8, 4) is 23.1 Å². The molecule has 0 unspecified atom stereocenters. The second kappa shape index (κ2) is 8.81. The summed E-state index contributed by atoms with van der Waals surface area (Å²) in [6.45, 7) is 0.487. The number of methoxy groups -OCH3 is 1. The van der Waals surface area contributed by atoms with E-state index in [-0.39, 0.29) is 0 Å². The lowest BCUT2D eigenvalue weighted by molar-refractivity contribution is 0.303. The zero-order valence-corrected chi connectivity index (χ0v) is 18.2. The summed E-state index contributed by atoms with van der Waals surface area (Å²) in [6.07, 6.45) is 0.554. The first-order chi connectivity index (χ1) is 15.7. The Balaban J connectivity index is 1.37. The Bertz CT molecular complexity index is 1360. The van der Waals surface area contributed by atoms with E-state index in [1.807, 2.05) is 78.9 Å². The molecular weight excluding hydrogens is 424 g/mol. The largest absolute Gasteiger partial charge is 0.497 e. The number of hydrogen-bond acceptors (Lipinski definition) is 4. The Labute approximate surface area is 190 Å². The Morgan fingerprint density at radius 2 is 1.84 bits per heavy atom. The molecule has 32 heavy (non-hydrogen) atoms. The van der Waals surface area contributed by atoms with Gasteiger partial charge in [0.25, 0.3) is 0 Å². The number of halogens is 1. The number of imidazole rings is 1. The minimum absolute atomic E-state index is 0.487. The molecule has 3 aromatic carbocycles. The summed E-state index contributed by atoms with van der Waals surface area (Å²) in [5.74, 6) is 3.69. The monoisotopic (exact) mass is 444 g/mol. The molecule has 0 amide bonds. The van der Waals surface area contributed by atoms with E-state index in [0.29, 0.717) is 29.6 Å². The lowest BCUT2D eigenvalue weighted by Gasteiger charge is -2.11. The molecule has 0 aliphatic heterocycles. The number of furan rings is 1. The Morgan fingerprint density at radius 1 is 0.969 bits per heavy atom. The predicted molar refractivity (Wildman–Crippen MR) is 125 cm³/mol. The van der Waals surface area contributed by atoms with E-state index in [1.54, 1.807) is 7.11 Å². The summed E-state index contributed by atoms with van der Waals surface area (Å²) in [7, 11) is 1.64. The van der Waals surface area contributed by atoms with Gasteiger partial charge in [-0.25, -0.2) is 4.98 Å². The zero-order valence-electron chi connectivity index (χ0n) is 17.5. The molecule has 0 aliphatic carbocycles. The van der Waals surface area contributed by atoms with Crippen molar-refractivity contribution in [3.05, 3.63) is 101 Å². The first-order valence-electron chi connectivity index (χ1n) is 10.3. The van der Waals surface area contributed by atoms with E-state index >= 15 is 0 Å². The molecule has 0 aliphatic rings. The average molecular weight is 445 g/mol. The lowest BCUT2D eigenvalue weighted by atomic mass is 10.1. The van der Waals surface area contributed by atoms with Crippen LogP contribution >= 0.6 is 11.6 Å². The molecular formula is C26H21ClN2O3. The van der Waals surface area contributed by atoms with Gasteiger partial charge < -0.3 is 18.9 Å². The van der Waals surface area contributed by atoms with E-state index in [0.717, 1.165) is 39.4 Å². The third kappa shape index (κ3) is 4.34. The van der Waals surface area contributed by atoms with Crippen molar-refractivity contribution >= 4 is 22.6 Å². The minimum Gasteiger partial charge on any atom is -0.497 e. The minimum atomic E-state index is 0.487. The van der Waals surface area contributed by atoms with Crippen molar-refractivity contribution in [1.82, 2.24) is 9.97 Å². The molecule has 0 radical (unpaired) electrons. The van der Waals surface area contributed by atoms with Gasteiger partial charge in [-0.05, 0) is 48.0 Å². The molecule has 5 aromatic rings. The maximum Gasteiger partial charge on any atom is 0.174 e. The smallest absolute Gasteiger partial charge is 0.174 e. The van der Waals surface area contributed by atoms with E-state index in [2.05, 4.69) is 9.97 Å². The fraction of sp³-hybridized carbons (Fsp3) is 0.115. The summed E-state index contributed by atoms with van der Waals surface area (Å²) in [5, 5.41) is 0.657. The quantitative estimate of drug-likeness (QED) is 0.305. The van der Waals surface area contributed by atoms with Crippen LogP contribution in [0.3, 0.4) is 0 Å². The highest BCUT2D eigenvalue weighted by Crippen LogP contribution is 2.29. The third-order valence-corrected chi connectivity index (χ3v) is 5.44. The standard InChI is InChI=1S/C26H21ClN2O3/c1-30-20-8-10-22-23(15-20)29-26(28-22)25-12-9-21(32-25)14-18-13-19(27)7-11-24(18)31-16-17-5-3-2-4-6-17/h2-13,15H,14,16H2,1H3,(H,28,29). The molecule has 1 N–H and O–H groups in total. The van der Waals surface area contributed by atoms with E-state index in [9.17, 15) is 0 Å². The molecule has 160 valence electrons. The van der Waals surface area contributed by atoms with Crippen molar-refractivity contribution in [2.75, 3.05) is 7.11 Å². The molecule has 0 bridgehead atoms. The number of nitrogens with one attached hydrogen (secondary N) is 1. The van der Waals surface area contributed by atoms with Crippen LogP contribution in [-0.2, 0) is 13.0 Å². The summed E-state index contributed by atoms with van der Waals surface area (Å²) >= 11 is 6.26. The number of rotatable bonds is 7. The van der Waals surface area contributed by atoms with Crippen molar-refractivity contribution in [2.24, 2.45) is 0 Å². The number of nitrogens with zero attached hydrogens (tertiary/aromatic N) is 1. The molecule has 2 aromatic heterocycles. The van der Waals surface area contributed by atoms with Gasteiger partial charge in [-0.1, -0.05) is 41.9 Å². The maximum atomic E-state index is 6.26. The van der Waals surface area contributed by atoms with Crippen molar-refractivity contribution in [1.29, 1.82) is 0 Å². The highest BCUT2D eigenvalue weighted by Gasteiger charge is 2.13. The van der Waals surface area contributed by atoms with Gasteiger partial charge in [0, 0.05) is 23.1 Å². The molecule has 0 saturated carbocycles. The number of benzene rings is 3. The van der Waals surface area contributed by atoms with Crippen LogP contribution in [0.2, 0.25) is 5.02 Å². The van der Waals surface area contributed by atoms with Gasteiger partial charge in [0.2, 0.25) is 0 Å². The number of aromatic amines is 1. The van der Waals surface area contributed by atoms with E-state index in [1.165, 1.54) is 0 Å². The number of hydrogen-bond donors (Lipinski definition) is 1. The van der Waals surface area contributed by atoms with Gasteiger partial charge in [-0.3, -0.25) is 0 Å². The first kappa shape index (κ1) is 20.2. The zero-order chi connectivity index (χ0) is 21.9. The van der Waals surface area contributed by atoms with Crippen LogP contribution in [0.4, 0.5) is 0 Å². The fourth-order valence-corrected chi connectivity index (χ4v) is 3.77. The van der Waals surface area contributed by atoms with Crippen LogP contribution in [-0.4, -0.2) is 17.1 Å². The molecule has 0 spiro atoms. The molecule has 0 saturated heterocycles. The summed E-state index contributed by atoms with van der Waals surface area (Å²) in [6, 6.07) is 25.3. The highest BCUT2D eigenvalue weighted by molar-refractivity contribution is 6.30. The van der Waals surface area contributed by atoms with E-state index in [4.69, 9.17) is 25.5 Å². The van der Waals surface area contributed by atoms with Gasteiger partial charge in [0.05, 0.1) is 18.1 Å². The molecule has 2 heterocycles. The van der Waals surface area contributed by atoms with Crippen LogP contribution in [0.1, 0.15) is 16.9 Å². The SMILES string of the molecule is COc1ccc2[nH]c(-c3ccc(Cc4cc(Cl)ccc4OCc4ccccc4)o3)nc2c1. The highest BCUT2D eigenvalue weighted by atomic mass is 35.5. The van der Waals surface area contributed by atoms with Crippen molar-refractivity contribution < 1.29 is 13.9 Å². The van der Waals surface area contributed by atoms with Crippen molar-refractivity contribution in [3.63, 3.8) is 0 Å². The second-order valence-corrected chi connectivity index (χ2v) is 7.87. The Morgan fingerprint density at radius 3 is 2.69 bits per heavy atom. The average Bonchev–Trinajstić information content (AvgIpc) is 3.45. The number of H-pyrrole nitrogens is 1. The van der Waals surface area contributed by atoms with Crippen LogP contribution in [0.5, 0.6) is 11.5 Å². The molecule has 0 fully saturated rings. The van der Waals surface area contributed by atoms with Gasteiger partial charge in [0.15, 0.2) is 11.6 Å². The molecule has 0 atom stereocenters. The normalized spacial score (nSPS) is 11.1. The van der Waals surface area contributed by atoms with Gasteiger partial charge in [-0.15, -0.1) is 0 Å². The topological polar surface area (TPSA) is 60.3 Å². The number of fused-ring (bicyclic) bond motifs is 1. The first-order valence-corrected chi connectivity index (χ1v) is 10.6. The van der Waals surface area contributed by atoms with Crippen LogP contribution in [0.15, 0.2) is 83.3 Å². The van der Waals surface area contributed by atoms with E-state index < -0.39 is 0 Å². The summed E-state index contributed by atoms with van der Waals surface area (Å²) in [5.41, 5.74) is 3.81. The predicted octanol–water partition coefficient (Wildman–Crippen LogP) is 6.65. The summed E-state index contributed by atoms with van der Waals surface area (Å²) < 4.78 is 17.4. The van der Waals surface area contributed by atoms with Crippen LogP contribution in [0, 0.1) is 0 Å². The number of aromatic nitrogens is 2. The Kier molecular flexibility index (Phi) is 5.57. The summed E-state index contributed by atoms with van der Waals surface area (Å²) in [4.78, 5) is 7.92. The number of ether oxygens (including phenoxy) is 2. The second-order valence-electron chi connectivity index (χ2n) is 7.44. The molecule has 5 rings (SSSR count).